The Morgan fingerprint density at radius 1 is 1.30 bits per heavy atom. The third-order valence-corrected chi connectivity index (χ3v) is 6.14. The number of nitrogens with zero attached hydrogens (tertiary/aromatic N) is 2. The second-order valence-corrected chi connectivity index (χ2v) is 8.59. The van der Waals surface area contributed by atoms with E-state index >= 15 is 0 Å². The summed E-state index contributed by atoms with van der Waals surface area (Å²) in [6.45, 7) is 6.01. The van der Waals surface area contributed by atoms with Crippen LogP contribution in [0.1, 0.15) is 69.1 Å². The standard InChI is InChI=1S/C17H24N4O2/c1-14(2,3)21-12-10(11(18)22)8-19-13(20-12)17-9-15(17)4-6-16(17,23)7-5-15/h8,23H,4-7,9H2,1-3H3,(H2,18,22)(H,19,20,21). The van der Waals surface area contributed by atoms with Gasteiger partial charge in [-0.15, -0.1) is 0 Å². The lowest BCUT2D eigenvalue weighted by Crippen LogP contribution is -2.39. The number of aliphatic hydroxyl groups is 1. The molecule has 23 heavy (non-hydrogen) atoms. The molecule has 0 saturated heterocycles. The molecule has 1 aromatic rings. The van der Waals surface area contributed by atoms with Crippen LogP contribution >= 0.6 is 0 Å². The number of hydrogen-bond donors (Lipinski definition) is 3. The number of primary amides is 1. The molecule has 3 aliphatic rings. The zero-order chi connectivity index (χ0) is 16.7. The van der Waals surface area contributed by atoms with E-state index in [2.05, 4.69) is 15.3 Å². The molecular weight excluding hydrogens is 292 g/mol. The number of nitrogens with one attached hydrogen (secondary N) is 1. The first kappa shape index (κ1) is 14.9. The summed E-state index contributed by atoms with van der Waals surface area (Å²) in [5.74, 6) is 0.604. The van der Waals surface area contributed by atoms with Crippen molar-refractivity contribution in [1.82, 2.24) is 9.97 Å². The lowest BCUT2D eigenvalue weighted by Gasteiger charge is -2.31. The molecule has 0 radical (unpaired) electrons. The minimum absolute atomic E-state index is 0.176. The third kappa shape index (κ3) is 1.75. The molecule has 0 aromatic carbocycles. The van der Waals surface area contributed by atoms with Crippen LogP contribution in [-0.4, -0.2) is 32.1 Å². The van der Waals surface area contributed by atoms with Gasteiger partial charge in [0.2, 0.25) is 0 Å². The molecule has 3 saturated carbocycles. The summed E-state index contributed by atoms with van der Waals surface area (Å²) in [6.07, 6.45) is 6.23. The first-order valence-electron chi connectivity index (χ1n) is 8.31. The van der Waals surface area contributed by atoms with Crippen LogP contribution < -0.4 is 11.1 Å². The van der Waals surface area contributed by atoms with Crippen LogP contribution in [0.5, 0.6) is 0 Å². The lowest BCUT2D eigenvalue weighted by atomic mass is 9.83. The monoisotopic (exact) mass is 316 g/mol. The molecule has 4 rings (SSSR count). The van der Waals surface area contributed by atoms with Gasteiger partial charge in [-0.2, -0.15) is 0 Å². The van der Waals surface area contributed by atoms with Gasteiger partial charge in [-0.05, 0) is 58.3 Å². The maximum Gasteiger partial charge on any atom is 0.254 e. The molecule has 1 atom stereocenters. The van der Waals surface area contributed by atoms with Crippen molar-refractivity contribution in [2.75, 3.05) is 5.32 Å². The highest BCUT2D eigenvalue weighted by molar-refractivity contribution is 5.97. The molecule has 3 aliphatic carbocycles. The predicted octanol–water partition coefficient (Wildman–Crippen LogP) is 1.73. The van der Waals surface area contributed by atoms with Gasteiger partial charge in [0.05, 0.1) is 16.6 Å². The fourth-order valence-electron chi connectivity index (χ4n) is 5.04. The Hall–Kier alpha value is -1.69. The maximum atomic E-state index is 11.7. The summed E-state index contributed by atoms with van der Waals surface area (Å²) < 4.78 is 0. The number of hydrogen-bond acceptors (Lipinski definition) is 5. The number of anilines is 1. The molecule has 1 aromatic heterocycles. The minimum atomic E-state index is -0.680. The van der Waals surface area contributed by atoms with Crippen LogP contribution in [-0.2, 0) is 5.41 Å². The average Bonchev–Trinajstić information content (AvgIpc) is 2.97. The molecule has 1 unspecified atom stereocenters. The van der Waals surface area contributed by atoms with Gasteiger partial charge < -0.3 is 16.2 Å². The Labute approximate surface area is 135 Å². The smallest absolute Gasteiger partial charge is 0.254 e. The molecular formula is C17H24N4O2. The van der Waals surface area contributed by atoms with Crippen LogP contribution in [0.15, 0.2) is 6.20 Å². The molecule has 1 amide bonds. The van der Waals surface area contributed by atoms with Gasteiger partial charge in [0.1, 0.15) is 11.6 Å². The first-order chi connectivity index (χ1) is 10.6. The summed E-state index contributed by atoms with van der Waals surface area (Å²) in [5.41, 5.74) is 4.69. The molecule has 0 spiro atoms. The fourth-order valence-corrected chi connectivity index (χ4v) is 5.04. The van der Waals surface area contributed by atoms with E-state index in [1.165, 1.54) is 6.20 Å². The highest BCUT2D eigenvalue weighted by atomic mass is 16.3. The summed E-state index contributed by atoms with van der Waals surface area (Å²) >= 11 is 0. The Morgan fingerprint density at radius 3 is 2.39 bits per heavy atom. The molecule has 6 nitrogen and oxygen atoms in total. The second-order valence-electron chi connectivity index (χ2n) is 8.59. The van der Waals surface area contributed by atoms with Crippen molar-refractivity contribution in [3.05, 3.63) is 17.6 Å². The molecule has 1 heterocycles. The number of amides is 1. The highest BCUT2D eigenvalue weighted by Crippen LogP contribution is 2.84. The summed E-state index contributed by atoms with van der Waals surface area (Å²) in [6, 6.07) is 0. The van der Waals surface area contributed by atoms with Crippen LogP contribution in [0, 0.1) is 5.41 Å². The zero-order valence-electron chi connectivity index (χ0n) is 13.9. The van der Waals surface area contributed by atoms with Gasteiger partial charge in [0.25, 0.3) is 5.91 Å². The average molecular weight is 316 g/mol. The normalized spacial score (nSPS) is 37.6. The van der Waals surface area contributed by atoms with E-state index in [0.717, 1.165) is 32.1 Å². The number of nitrogens with two attached hydrogens (primary N) is 1. The fraction of sp³-hybridized carbons (Fsp3) is 0.706. The van der Waals surface area contributed by atoms with Crippen molar-refractivity contribution >= 4 is 11.7 Å². The van der Waals surface area contributed by atoms with Crippen molar-refractivity contribution in [2.45, 2.75) is 69.4 Å². The van der Waals surface area contributed by atoms with Gasteiger partial charge in [-0.1, -0.05) is 0 Å². The van der Waals surface area contributed by atoms with Crippen LogP contribution in [0.2, 0.25) is 0 Å². The summed E-state index contributed by atoms with van der Waals surface area (Å²) in [4.78, 5) is 20.8. The van der Waals surface area contributed by atoms with Crippen molar-refractivity contribution in [3.8, 4) is 0 Å². The second kappa shape index (κ2) is 4.04. The SMILES string of the molecule is CC(C)(C)Nc1nc(C23CC24CCC3(O)CC4)ncc1C(N)=O. The number of rotatable bonds is 3. The number of carbonyl (C=O) groups is 1. The molecule has 2 bridgehead atoms. The van der Waals surface area contributed by atoms with Crippen LogP contribution in [0.25, 0.3) is 0 Å². The van der Waals surface area contributed by atoms with Crippen LogP contribution in [0.3, 0.4) is 0 Å². The van der Waals surface area contributed by atoms with E-state index in [-0.39, 0.29) is 16.4 Å². The Balaban J connectivity index is 1.80. The maximum absolute atomic E-state index is 11.7. The van der Waals surface area contributed by atoms with Crippen molar-refractivity contribution in [3.63, 3.8) is 0 Å². The van der Waals surface area contributed by atoms with Crippen LogP contribution in [0.4, 0.5) is 5.82 Å². The summed E-state index contributed by atoms with van der Waals surface area (Å²) in [7, 11) is 0. The number of aromatic nitrogens is 2. The van der Waals surface area contributed by atoms with Gasteiger partial charge in [-0.25, -0.2) is 9.97 Å². The van der Waals surface area contributed by atoms with E-state index in [0.29, 0.717) is 17.2 Å². The lowest BCUT2D eigenvalue weighted by molar-refractivity contribution is 0.00559. The molecule has 3 fully saturated rings. The van der Waals surface area contributed by atoms with Gasteiger partial charge in [-0.3, -0.25) is 4.79 Å². The first-order valence-corrected chi connectivity index (χ1v) is 8.31. The Morgan fingerprint density at radius 2 is 1.96 bits per heavy atom. The largest absolute Gasteiger partial charge is 0.389 e. The number of carbonyl (C=O) groups excluding carboxylic acids is 1. The Kier molecular flexibility index (Phi) is 2.61. The van der Waals surface area contributed by atoms with Gasteiger partial charge in [0, 0.05) is 11.7 Å². The molecule has 0 aliphatic heterocycles. The van der Waals surface area contributed by atoms with E-state index in [1.54, 1.807) is 0 Å². The summed E-state index contributed by atoms with van der Waals surface area (Å²) in [5, 5.41) is 14.3. The third-order valence-electron chi connectivity index (χ3n) is 6.14. The van der Waals surface area contributed by atoms with Crippen molar-refractivity contribution in [1.29, 1.82) is 0 Å². The van der Waals surface area contributed by atoms with Gasteiger partial charge >= 0.3 is 0 Å². The minimum Gasteiger partial charge on any atom is -0.389 e. The van der Waals surface area contributed by atoms with Crippen molar-refractivity contribution in [2.24, 2.45) is 11.1 Å². The van der Waals surface area contributed by atoms with E-state index in [4.69, 9.17) is 5.73 Å². The quantitative estimate of drug-likeness (QED) is 0.788. The molecule has 124 valence electrons. The van der Waals surface area contributed by atoms with E-state index in [9.17, 15) is 9.90 Å². The highest BCUT2D eigenvalue weighted by Gasteiger charge is 2.85. The van der Waals surface area contributed by atoms with E-state index < -0.39 is 11.5 Å². The van der Waals surface area contributed by atoms with Gasteiger partial charge in [0.15, 0.2) is 0 Å². The zero-order valence-corrected chi connectivity index (χ0v) is 13.9. The topological polar surface area (TPSA) is 101 Å². The predicted molar refractivity (Wildman–Crippen MR) is 86.1 cm³/mol. The molecule has 6 heteroatoms. The molecule has 4 N–H and O–H groups in total. The Bertz CT molecular complexity index is 701. The van der Waals surface area contributed by atoms with Crippen molar-refractivity contribution < 1.29 is 9.90 Å². The van der Waals surface area contributed by atoms with E-state index in [1.807, 2.05) is 20.8 Å².